The Morgan fingerprint density at radius 3 is 2.64 bits per heavy atom. The molecule has 0 bridgehead atoms. The Balaban J connectivity index is 2.31. The Bertz CT molecular complexity index is 646. The maximum atomic E-state index is 11.1. The van der Waals surface area contributed by atoms with Gasteiger partial charge < -0.3 is 14.6 Å². The summed E-state index contributed by atoms with van der Waals surface area (Å²) in [5.41, 5.74) is 0.907. The lowest BCUT2D eigenvalue weighted by atomic mass is 10.1. The molecule has 6 nitrogen and oxygen atoms in total. The molecule has 1 aromatic carbocycles. The zero-order chi connectivity index (χ0) is 15.9. The number of methoxy groups -OCH3 is 1. The molecule has 1 N–H and O–H groups in total. The third-order valence-corrected chi connectivity index (χ3v) is 3.06. The monoisotopic (exact) mass is 322 g/mol. The van der Waals surface area contributed by atoms with Gasteiger partial charge in [0.2, 0.25) is 5.88 Å². The molecule has 0 saturated carbocycles. The maximum Gasteiger partial charge on any atom is 0.356 e. The van der Waals surface area contributed by atoms with Crippen LogP contribution in [0.25, 0.3) is 11.3 Å². The number of carboxylic acids is 1. The van der Waals surface area contributed by atoms with Crippen molar-refractivity contribution in [3.8, 4) is 17.1 Å². The molecule has 0 spiro atoms. The highest BCUT2D eigenvalue weighted by molar-refractivity contribution is 6.30. The Hall–Kier alpha value is -2.18. The van der Waals surface area contributed by atoms with Gasteiger partial charge in [-0.05, 0) is 12.1 Å². The van der Waals surface area contributed by atoms with Crippen molar-refractivity contribution in [3.05, 3.63) is 41.2 Å². The molecule has 22 heavy (non-hydrogen) atoms. The van der Waals surface area contributed by atoms with Crippen LogP contribution in [0.4, 0.5) is 0 Å². The SMILES string of the molecule is COCCCOc1ncc(C(=O)O)nc1-c1ccc(Cl)cc1. The van der Waals surface area contributed by atoms with E-state index in [9.17, 15) is 4.79 Å². The summed E-state index contributed by atoms with van der Waals surface area (Å²) in [7, 11) is 1.61. The minimum absolute atomic E-state index is 0.144. The van der Waals surface area contributed by atoms with Crippen LogP contribution in [0.2, 0.25) is 5.02 Å². The first-order valence-electron chi connectivity index (χ1n) is 6.60. The first kappa shape index (κ1) is 16.2. The summed E-state index contributed by atoms with van der Waals surface area (Å²) in [5.74, 6) is -0.864. The quantitative estimate of drug-likeness (QED) is 0.789. The normalized spacial score (nSPS) is 10.5. The van der Waals surface area contributed by atoms with Gasteiger partial charge in [0.1, 0.15) is 5.69 Å². The van der Waals surface area contributed by atoms with Crippen molar-refractivity contribution in [3.63, 3.8) is 0 Å². The summed E-state index contributed by atoms with van der Waals surface area (Å²) in [4.78, 5) is 19.2. The highest BCUT2D eigenvalue weighted by Gasteiger charge is 2.15. The second-order valence-corrected chi connectivity index (χ2v) is 4.85. The fourth-order valence-electron chi connectivity index (χ4n) is 1.75. The van der Waals surface area contributed by atoms with Crippen LogP contribution in [-0.2, 0) is 4.74 Å². The van der Waals surface area contributed by atoms with Crippen LogP contribution in [0.5, 0.6) is 5.88 Å². The molecule has 0 fully saturated rings. The highest BCUT2D eigenvalue weighted by Crippen LogP contribution is 2.27. The molecule has 2 rings (SSSR count). The Morgan fingerprint density at radius 2 is 2.00 bits per heavy atom. The number of carbonyl (C=O) groups is 1. The van der Waals surface area contributed by atoms with Gasteiger partial charge >= 0.3 is 5.97 Å². The molecule has 0 aliphatic carbocycles. The van der Waals surface area contributed by atoms with Crippen LogP contribution in [0.3, 0.4) is 0 Å². The smallest absolute Gasteiger partial charge is 0.356 e. The van der Waals surface area contributed by atoms with E-state index >= 15 is 0 Å². The average Bonchev–Trinajstić information content (AvgIpc) is 2.52. The van der Waals surface area contributed by atoms with Gasteiger partial charge in [0.05, 0.1) is 12.8 Å². The topological polar surface area (TPSA) is 81.5 Å². The van der Waals surface area contributed by atoms with Gasteiger partial charge in [-0.3, -0.25) is 0 Å². The summed E-state index contributed by atoms with van der Waals surface area (Å²) in [5, 5.41) is 9.63. The maximum absolute atomic E-state index is 11.1. The summed E-state index contributed by atoms with van der Waals surface area (Å²) < 4.78 is 10.5. The zero-order valence-electron chi connectivity index (χ0n) is 12.0. The van der Waals surface area contributed by atoms with E-state index in [1.807, 2.05) is 0 Å². The minimum atomic E-state index is -1.14. The molecule has 116 valence electrons. The Kier molecular flexibility index (Phi) is 5.68. The molecule has 0 atom stereocenters. The van der Waals surface area contributed by atoms with Crippen molar-refractivity contribution < 1.29 is 19.4 Å². The van der Waals surface area contributed by atoms with E-state index in [1.54, 1.807) is 31.4 Å². The highest BCUT2D eigenvalue weighted by atomic mass is 35.5. The van der Waals surface area contributed by atoms with Crippen LogP contribution in [0.15, 0.2) is 30.5 Å². The summed E-state index contributed by atoms with van der Waals surface area (Å²) >= 11 is 5.86. The van der Waals surface area contributed by atoms with E-state index in [2.05, 4.69) is 9.97 Å². The van der Waals surface area contributed by atoms with Crippen molar-refractivity contribution in [2.45, 2.75) is 6.42 Å². The fourth-order valence-corrected chi connectivity index (χ4v) is 1.88. The number of hydrogen-bond donors (Lipinski definition) is 1. The second-order valence-electron chi connectivity index (χ2n) is 4.42. The molecule has 1 heterocycles. The first-order chi connectivity index (χ1) is 10.6. The van der Waals surface area contributed by atoms with E-state index < -0.39 is 5.97 Å². The van der Waals surface area contributed by atoms with Crippen LogP contribution < -0.4 is 4.74 Å². The molecule has 0 aliphatic rings. The number of halogens is 1. The summed E-state index contributed by atoms with van der Waals surface area (Å²) in [6.07, 6.45) is 1.87. The van der Waals surface area contributed by atoms with Crippen molar-refractivity contribution in [2.75, 3.05) is 20.3 Å². The number of rotatable bonds is 7. The van der Waals surface area contributed by atoms with Crippen molar-refractivity contribution in [1.82, 2.24) is 9.97 Å². The number of nitrogens with zero attached hydrogens (tertiary/aromatic N) is 2. The van der Waals surface area contributed by atoms with Crippen LogP contribution in [0, 0.1) is 0 Å². The van der Waals surface area contributed by atoms with E-state index in [0.29, 0.717) is 35.9 Å². The molecule has 2 aromatic rings. The van der Waals surface area contributed by atoms with Gasteiger partial charge in [-0.2, -0.15) is 0 Å². The molecule has 7 heteroatoms. The Morgan fingerprint density at radius 1 is 1.27 bits per heavy atom. The summed E-state index contributed by atoms with van der Waals surface area (Å²) in [6, 6.07) is 6.86. The number of carboxylic acid groups (broad SMARTS) is 1. The Labute approximate surface area is 132 Å². The van der Waals surface area contributed by atoms with E-state index in [1.165, 1.54) is 6.20 Å². The second kappa shape index (κ2) is 7.72. The summed E-state index contributed by atoms with van der Waals surface area (Å²) in [6.45, 7) is 0.965. The number of ether oxygens (including phenoxy) is 2. The lowest BCUT2D eigenvalue weighted by Gasteiger charge is -2.10. The predicted octanol–water partition coefficient (Wildman–Crippen LogP) is 2.91. The molecular formula is C15H15ClN2O4. The zero-order valence-corrected chi connectivity index (χ0v) is 12.7. The molecule has 1 aromatic heterocycles. The third-order valence-electron chi connectivity index (χ3n) is 2.81. The van der Waals surface area contributed by atoms with E-state index in [0.717, 1.165) is 0 Å². The van der Waals surface area contributed by atoms with Crippen molar-refractivity contribution >= 4 is 17.6 Å². The predicted molar refractivity (Wildman–Crippen MR) is 81.4 cm³/mol. The lowest BCUT2D eigenvalue weighted by molar-refractivity contribution is 0.0690. The molecule has 0 amide bonds. The van der Waals surface area contributed by atoms with E-state index in [4.69, 9.17) is 26.2 Å². The molecule has 0 saturated heterocycles. The first-order valence-corrected chi connectivity index (χ1v) is 6.97. The van der Waals surface area contributed by atoms with Crippen molar-refractivity contribution in [1.29, 1.82) is 0 Å². The largest absolute Gasteiger partial charge is 0.476 e. The molecular weight excluding hydrogens is 308 g/mol. The average molecular weight is 323 g/mol. The van der Waals surface area contributed by atoms with Gasteiger partial charge in [-0.15, -0.1) is 0 Å². The molecule has 0 aliphatic heterocycles. The van der Waals surface area contributed by atoms with Crippen LogP contribution >= 0.6 is 11.6 Å². The molecule has 0 unspecified atom stereocenters. The van der Waals surface area contributed by atoms with Crippen LogP contribution in [0.1, 0.15) is 16.9 Å². The molecule has 0 radical (unpaired) electrons. The van der Waals surface area contributed by atoms with Crippen LogP contribution in [-0.4, -0.2) is 41.4 Å². The van der Waals surface area contributed by atoms with Gasteiger partial charge in [-0.25, -0.2) is 14.8 Å². The van der Waals surface area contributed by atoms with Gasteiger partial charge in [-0.1, -0.05) is 23.7 Å². The van der Waals surface area contributed by atoms with Gasteiger partial charge in [0, 0.05) is 30.7 Å². The van der Waals surface area contributed by atoms with Gasteiger partial charge in [0.15, 0.2) is 5.69 Å². The fraction of sp³-hybridized carbons (Fsp3) is 0.267. The number of benzene rings is 1. The number of aromatic nitrogens is 2. The van der Waals surface area contributed by atoms with E-state index in [-0.39, 0.29) is 11.6 Å². The minimum Gasteiger partial charge on any atom is -0.476 e. The van der Waals surface area contributed by atoms with Crippen molar-refractivity contribution in [2.24, 2.45) is 0 Å². The number of aromatic carboxylic acids is 1. The third kappa shape index (κ3) is 4.16. The van der Waals surface area contributed by atoms with Gasteiger partial charge in [0.25, 0.3) is 0 Å². The number of hydrogen-bond acceptors (Lipinski definition) is 5. The standard InChI is InChI=1S/C15H15ClN2O4/c1-21-7-2-8-22-14-13(10-3-5-11(16)6-4-10)18-12(9-17-14)15(19)20/h3-6,9H,2,7-8H2,1H3,(H,19,20). The lowest BCUT2D eigenvalue weighted by Crippen LogP contribution is -2.08.